The fraction of sp³-hybridized carbons (Fsp3) is 0.444. The van der Waals surface area contributed by atoms with Crippen molar-refractivity contribution in [2.75, 3.05) is 40.5 Å². The van der Waals surface area contributed by atoms with Gasteiger partial charge in [0.15, 0.2) is 0 Å². The third-order valence-electron chi connectivity index (χ3n) is 6.59. The van der Waals surface area contributed by atoms with E-state index in [1.807, 2.05) is 18.2 Å². The molecule has 2 aromatic rings. The van der Waals surface area contributed by atoms with Gasteiger partial charge >= 0.3 is 0 Å². The Bertz CT molecular complexity index is 1080. The van der Waals surface area contributed by atoms with E-state index in [1.54, 1.807) is 26.4 Å². The number of methoxy groups -OCH3 is 2. The van der Waals surface area contributed by atoms with Crippen molar-refractivity contribution in [1.82, 2.24) is 15.1 Å². The van der Waals surface area contributed by atoms with Gasteiger partial charge in [0.05, 0.1) is 19.8 Å². The Hall–Kier alpha value is -3.27. The molecule has 1 N–H and O–H groups in total. The topological polar surface area (TPSA) is 97.4 Å². The molecule has 9 heteroatoms. The van der Waals surface area contributed by atoms with Crippen LogP contribution in [-0.4, -0.2) is 74.1 Å². The molecule has 0 aromatic heterocycles. The Labute approximate surface area is 211 Å². The smallest absolute Gasteiger partial charge is 0.255 e. The van der Waals surface area contributed by atoms with E-state index in [2.05, 4.69) is 22.3 Å². The summed E-state index contributed by atoms with van der Waals surface area (Å²) >= 11 is 0. The van der Waals surface area contributed by atoms with Crippen molar-refractivity contribution in [2.45, 2.75) is 38.6 Å². The zero-order valence-corrected chi connectivity index (χ0v) is 20.8. The van der Waals surface area contributed by atoms with E-state index in [9.17, 15) is 14.4 Å². The first-order valence-electron chi connectivity index (χ1n) is 12.2. The van der Waals surface area contributed by atoms with E-state index in [4.69, 9.17) is 14.2 Å². The summed E-state index contributed by atoms with van der Waals surface area (Å²) in [5.74, 6) is -0.295. The molecule has 192 valence electrons. The number of nitrogens with zero attached hydrogens (tertiary/aromatic N) is 2. The van der Waals surface area contributed by atoms with Crippen molar-refractivity contribution < 1.29 is 28.6 Å². The van der Waals surface area contributed by atoms with Gasteiger partial charge in [-0.25, -0.2) is 0 Å². The summed E-state index contributed by atoms with van der Waals surface area (Å²) in [6, 6.07) is 13.0. The van der Waals surface area contributed by atoms with Crippen LogP contribution in [0, 0.1) is 0 Å². The third kappa shape index (κ3) is 6.10. The molecule has 2 heterocycles. The highest BCUT2D eigenvalue weighted by molar-refractivity contribution is 6.05. The molecule has 1 unspecified atom stereocenters. The summed E-state index contributed by atoms with van der Waals surface area (Å²) in [5, 5.41) is 2.33. The van der Waals surface area contributed by atoms with Crippen molar-refractivity contribution in [1.29, 1.82) is 0 Å². The predicted molar refractivity (Wildman–Crippen MR) is 132 cm³/mol. The number of amides is 3. The van der Waals surface area contributed by atoms with Gasteiger partial charge in [-0.3, -0.25) is 24.6 Å². The normalized spacial score (nSPS) is 17.5. The number of benzene rings is 2. The van der Waals surface area contributed by atoms with Crippen LogP contribution in [0.15, 0.2) is 42.5 Å². The lowest BCUT2D eigenvalue weighted by atomic mass is 10.0. The van der Waals surface area contributed by atoms with Crippen molar-refractivity contribution >= 4 is 17.7 Å². The van der Waals surface area contributed by atoms with Crippen LogP contribution in [0.1, 0.15) is 39.9 Å². The number of nitrogens with one attached hydrogen (secondary N) is 1. The van der Waals surface area contributed by atoms with E-state index >= 15 is 0 Å². The molecule has 0 saturated carbocycles. The second-order valence-electron chi connectivity index (χ2n) is 9.05. The van der Waals surface area contributed by atoms with Crippen molar-refractivity contribution in [3.05, 3.63) is 64.7 Å². The first-order chi connectivity index (χ1) is 17.5. The van der Waals surface area contributed by atoms with E-state index in [0.29, 0.717) is 37.6 Å². The maximum absolute atomic E-state index is 13.0. The summed E-state index contributed by atoms with van der Waals surface area (Å²) < 4.78 is 16.5. The molecule has 9 nitrogen and oxygen atoms in total. The molecule has 1 fully saturated rings. The van der Waals surface area contributed by atoms with E-state index < -0.39 is 11.9 Å². The third-order valence-corrected chi connectivity index (χ3v) is 6.59. The van der Waals surface area contributed by atoms with Crippen molar-refractivity contribution in [3.8, 4) is 5.75 Å². The Morgan fingerprint density at radius 1 is 0.972 bits per heavy atom. The molecule has 1 atom stereocenters. The second-order valence-corrected chi connectivity index (χ2v) is 9.05. The van der Waals surface area contributed by atoms with Gasteiger partial charge in [0, 0.05) is 51.4 Å². The lowest BCUT2D eigenvalue weighted by Crippen LogP contribution is -2.52. The standard InChI is InChI=1S/C27H33N3O6/c1-34-14-12-29(13-15-35-2)16-19-6-8-20(9-7-19)18-36-24-5-3-4-21-22(24)17-30(27(21)33)23-10-11-25(31)28-26(23)32/h3-9,23H,10-18H2,1-2H3,(H,28,31,32). The Balaban J connectivity index is 1.37. The Kier molecular flexibility index (Phi) is 8.69. The van der Waals surface area contributed by atoms with Gasteiger partial charge in [-0.1, -0.05) is 30.3 Å². The Morgan fingerprint density at radius 2 is 1.67 bits per heavy atom. The van der Waals surface area contributed by atoms with Gasteiger partial charge in [0.1, 0.15) is 18.4 Å². The molecule has 2 aromatic carbocycles. The van der Waals surface area contributed by atoms with Crippen LogP contribution >= 0.6 is 0 Å². The van der Waals surface area contributed by atoms with Gasteiger partial charge in [0.25, 0.3) is 5.91 Å². The summed E-state index contributed by atoms with van der Waals surface area (Å²) in [6.07, 6.45) is 0.563. The number of rotatable bonds is 12. The molecule has 0 aliphatic carbocycles. The van der Waals surface area contributed by atoms with Gasteiger partial charge in [-0.15, -0.1) is 0 Å². The minimum atomic E-state index is -0.643. The maximum Gasteiger partial charge on any atom is 0.255 e. The molecule has 36 heavy (non-hydrogen) atoms. The Morgan fingerprint density at radius 3 is 2.33 bits per heavy atom. The lowest BCUT2D eigenvalue weighted by molar-refractivity contribution is -0.136. The van der Waals surface area contributed by atoms with Gasteiger partial charge < -0.3 is 19.1 Å². The zero-order chi connectivity index (χ0) is 25.5. The number of ether oxygens (including phenoxy) is 3. The number of carbonyl (C=O) groups excluding carboxylic acids is 3. The van der Waals surface area contributed by atoms with Crippen LogP contribution in [0.4, 0.5) is 0 Å². The molecule has 4 rings (SSSR count). The number of imide groups is 1. The molecule has 0 bridgehead atoms. The SMILES string of the molecule is COCCN(CCOC)Cc1ccc(COc2cccc3c2CN(C2CCC(=O)NC2=O)C3=O)cc1. The number of carbonyl (C=O) groups is 3. The molecule has 0 spiro atoms. The van der Waals surface area contributed by atoms with E-state index in [-0.39, 0.29) is 24.8 Å². The van der Waals surface area contributed by atoms with Crippen LogP contribution < -0.4 is 10.1 Å². The number of hydrogen-bond acceptors (Lipinski definition) is 7. The average Bonchev–Trinajstić information content (AvgIpc) is 3.22. The molecule has 1 saturated heterocycles. The lowest BCUT2D eigenvalue weighted by Gasteiger charge is -2.29. The molecule has 3 amide bonds. The van der Waals surface area contributed by atoms with Crippen LogP contribution in [-0.2, 0) is 38.8 Å². The van der Waals surface area contributed by atoms with Crippen LogP contribution in [0.5, 0.6) is 5.75 Å². The molecular formula is C27H33N3O6. The number of piperidine rings is 1. The quantitative estimate of drug-likeness (QED) is 0.451. The fourth-order valence-corrected chi connectivity index (χ4v) is 4.56. The summed E-state index contributed by atoms with van der Waals surface area (Å²) in [5.41, 5.74) is 3.52. The first-order valence-corrected chi connectivity index (χ1v) is 12.2. The van der Waals surface area contributed by atoms with Gasteiger partial charge in [0.2, 0.25) is 11.8 Å². The van der Waals surface area contributed by atoms with Gasteiger partial charge in [-0.05, 0) is 29.7 Å². The minimum absolute atomic E-state index is 0.208. The molecule has 2 aliphatic heterocycles. The highest BCUT2D eigenvalue weighted by Crippen LogP contribution is 2.34. The second kappa shape index (κ2) is 12.1. The summed E-state index contributed by atoms with van der Waals surface area (Å²) in [4.78, 5) is 40.6. The minimum Gasteiger partial charge on any atom is -0.489 e. The largest absolute Gasteiger partial charge is 0.489 e. The number of fused-ring (bicyclic) bond motifs is 1. The first kappa shape index (κ1) is 25.8. The van der Waals surface area contributed by atoms with Crippen molar-refractivity contribution in [2.24, 2.45) is 0 Å². The van der Waals surface area contributed by atoms with Gasteiger partial charge in [-0.2, -0.15) is 0 Å². The highest BCUT2D eigenvalue weighted by Gasteiger charge is 2.40. The van der Waals surface area contributed by atoms with Crippen LogP contribution in [0.3, 0.4) is 0 Å². The monoisotopic (exact) mass is 495 g/mol. The fourth-order valence-electron chi connectivity index (χ4n) is 4.56. The number of hydrogen-bond donors (Lipinski definition) is 1. The maximum atomic E-state index is 13.0. The van der Waals surface area contributed by atoms with Crippen molar-refractivity contribution in [3.63, 3.8) is 0 Å². The molecular weight excluding hydrogens is 462 g/mol. The van der Waals surface area contributed by atoms with E-state index in [0.717, 1.165) is 30.8 Å². The van der Waals surface area contributed by atoms with Crippen LogP contribution in [0.25, 0.3) is 0 Å². The molecule has 0 radical (unpaired) electrons. The predicted octanol–water partition coefficient (Wildman–Crippen LogP) is 2.12. The zero-order valence-electron chi connectivity index (χ0n) is 20.8. The van der Waals surface area contributed by atoms with E-state index in [1.165, 1.54) is 10.5 Å². The average molecular weight is 496 g/mol. The van der Waals surface area contributed by atoms with Crippen LogP contribution in [0.2, 0.25) is 0 Å². The summed E-state index contributed by atoms with van der Waals surface area (Å²) in [6.45, 7) is 4.45. The highest BCUT2D eigenvalue weighted by atomic mass is 16.5. The summed E-state index contributed by atoms with van der Waals surface area (Å²) in [7, 11) is 3.40. The molecule has 2 aliphatic rings.